The van der Waals surface area contributed by atoms with Gasteiger partial charge in [-0.05, 0) is 45.1 Å². The van der Waals surface area contributed by atoms with Crippen molar-refractivity contribution in [3.63, 3.8) is 0 Å². The fourth-order valence-corrected chi connectivity index (χ4v) is 2.54. The molecule has 0 bridgehead atoms. The normalized spacial score (nSPS) is 13.8. The van der Waals surface area contributed by atoms with Gasteiger partial charge in [0.25, 0.3) is 0 Å². The molecule has 0 amide bonds. The first kappa shape index (κ1) is 16.2. The smallest absolute Gasteiger partial charge is 0.0644 e. The van der Waals surface area contributed by atoms with Gasteiger partial charge in [-0.15, -0.1) is 0 Å². The van der Waals surface area contributed by atoms with Crippen LogP contribution in [0.3, 0.4) is 0 Å². The van der Waals surface area contributed by atoms with Gasteiger partial charge >= 0.3 is 0 Å². The first-order chi connectivity index (χ1) is 8.76. The van der Waals surface area contributed by atoms with Gasteiger partial charge in [0, 0.05) is 24.3 Å². The topological polar surface area (TPSA) is 29.9 Å². The molecule has 0 radical (unpaired) electrons. The molecule has 0 fully saturated rings. The molecule has 0 spiro atoms. The maximum absolute atomic E-state index is 4.56. The predicted octanol–water partition coefficient (Wildman–Crippen LogP) is 3.90. The molecule has 0 aromatic carbocycles. The number of aryl methyl sites for hydroxylation is 2. The van der Waals surface area contributed by atoms with Crippen molar-refractivity contribution in [1.82, 2.24) is 15.1 Å². The summed E-state index contributed by atoms with van der Waals surface area (Å²) in [6.45, 7) is 14.5. The van der Waals surface area contributed by atoms with E-state index in [0.717, 1.165) is 6.54 Å². The number of rotatable bonds is 6. The predicted molar refractivity (Wildman–Crippen MR) is 82.4 cm³/mol. The van der Waals surface area contributed by atoms with E-state index in [9.17, 15) is 0 Å². The van der Waals surface area contributed by atoms with E-state index >= 15 is 0 Å². The average Bonchev–Trinajstić information content (AvgIpc) is 2.53. The second-order valence-corrected chi connectivity index (χ2v) is 6.81. The van der Waals surface area contributed by atoms with Crippen molar-refractivity contribution in [3.8, 4) is 0 Å². The van der Waals surface area contributed by atoms with Gasteiger partial charge in [0.1, 0.15) is 0 Å². The number of nitrogens with zero attached hydrogens (tertiary/aromatic N) is 2. The third kappa shape index (κ3) is 4.64. The van der Waals surface area contributed by atoms with Gasteiger partial charge in [0.2, 0.25) is 0 Å². The summed E-state index contributed by atoms with van der Waals surface area (Å²) in [6, 6.07) is 0.438. The Morgan fingerprint density at radius 1 is 1.26 bits per heavy atom. The summed E-state index contributed by atoms with van der Waals surface area (Å²) < 4.78 is 2.00. The maximum atomic E-state index is 4.56. The van der Waals surface area contributed by atoms with Gasteiger partial charge in [0.05, 0.1) is 5.69 Å². The SMILES string of the molecule is CCCNC(CCC(C)(C)C)c1c(C)nn(C)c1C. The van der Waals surface area contributed by atoms with Crippen LogP contribution < -0.4 is 5.32 Å². The van der Waals surface area contributed by atoms with Crippen LogP contribution in [0, 0.1) is 19.3 Å². The summed E-state index contributed by atoms with van der Waals surface area (Å²) in [5.74, 6) is 0. The van der Waals surface area contributed by atoms with Crippen LogP contribution >= 0.6 is 0 Å². The molecule has 1 aromatic heterocycles. The zero-order chi connectivity index (χ0) is 14.6. The molecule has 3 nitrogen and oxygen atoms in total. The molecule has 0 saturated carbocycles. The molecule has 1 aromatic rings. The molecule has 110 valence electrons. The Labute approximate surface area is 118 Å². The lowest BCUT2D eigenvalue weighted by molar-refractivity contribution is 0.331. The largest absolute Gasteiger partial charge is 0.310 e. The molecule has 0 aliphatic rings. The van der Waals surface area contributed by atoms with E-state index in [2.05, 4.69) is 52.0 Å². The van der Waals surface area contributed by atoms with E-state index in [0.29, 0.717) is 11.5 Å². The molecule has 19 heavy (non-hydrogen) atoms. The van der Waals surface area contributed by atoms with Crippen molar-refractivity contribution < 1.29 is 0 Å². The summed E-state index contributed by atoms with van der Waals surface area (Å²) in [7, 11) is 2.03. The molecule has 0 aliphatic carbocycles. The van der Waals surface area contributed by atoms with Gasteiger partial charge in [0.15, 0.2) is 0 Å². The molecule has 1 atom stereocenters. The minimum atomic E-state index is 0.385. The van der Waals surface area contributed by atoms with Gasteiger partial charge < -0.3 is 5.32 Å². The molecule has 3 heteroatoms. The summed E-state index contributed by atoms with van der Waals surface area (Å²) in [5, 5.41) is 8.26. The van der Waals surface area contributed by atoms with Gasteiger partial charge in [-0.3, -0.25) is 4.68 Å². The minimum absolute atomic E-state index is 0.385. The minimum Gasteiger partial charge on any atom is -0.310 e. The van der Waals surface area contributed by atoms with Crippen LogP contribution in [0.4, 0.5) is 0 Å². The van der Waals surface area contributed by atoms with Crippen LogP contribution in [0.1, 0.15) is 70.0 Å². The third-order valence-corrected chi connectivity index (χ3v) is 3.74. The fraction of sp³-hybridized carbons (Fsp3) is 0.812. The number of hydrogen-bond donors (Lipinski definition) is 1. The van der Waals surface area contributed by atoms with Crippen molar-refractivity contribution in [2.45, 2.75) is 66.8 Å². The van der Waals surface area contributed by atoms with Crippen LogP contribution in [0.2, 0.25) is 0 Å². The van der Waals surface area contributed by atoms with Gasteiger partial charge in [-0.25, -0.2) is 0 Å². The molecule has 1 unspecified atom stereocenters. The Kier molecular flexibility index (Phi) is 5.60. The lowest BCUT2D eigenvalue weighted by Crippen LogP contribution is -2.24. The first-order valence-corrected chi connectivity index (χ1v) is 7.49. The van der Waals surface area contributed by atoms with E-state index in [4.69, 9.17) is 0 Å². The first-order valence-electron chi connectivity index (χ1n) is 7.49. The monoisotopic (exact) mass is 265 g/mol. The maximum Gasteiger partial charge on any atom is 0.0644 e. The highest BCUT2D eigenvalue weighted by atomic mass is 15.3. The Morgan fingerprint density at radius 3 is 2.32 bits per heavy atom. The highest BCUT2D eigenvalue weighted by Gasteiger charge is 2.21. The number of hydrogen-bond acceptors (Lipinski definition) is 2. The van der Waals surface area contributed by atoms with Crippen molar-refractivity contribution in [2.75, 3.05) is 6.54 Å². The van der Waals surface area contributed by atoms with Crippen LogP contribution in [-0.4, -0.2) is 16.3 Å². The molecular weight excluding hydrogens is 234 g/mol. The summed E-state index contributed by atoms with van der Waals surface area (Å²) >= 11 is 0. The van der Waals surface area contributed by atoms with Crippen molar-refractivity contribution in [1.29, 1.82) is 0 Å². The van der Waals surface area contributed by atoms with E-state index in [-0.39, 0.29) is 0 Å². The Hall–Kier alpha value is -0.830. The molecule has 1 rings (SSSR count). The van der Waals surface area contributed by atoms with Crippen LogP contribution in [-0.2, 0) is 7.05 Å². The zero-order valence-electron chi connectivity index (χ0n) is 13.8. The van der Waals surface area contributed by atoms with Crippen LogP contribution in [0.15, 0.2) is 0 Å². The molecular formula is C16H31N3. The number of nitrogens with one attached hydrogen (secondary N) is 1. The van der Waals surface area contributed by atoms with Crippen molar-refractivity contribution >= 4 is 0 Å². The lowest BCUT2D eigenvalue weighted by atomic mass is 9.86. The lowest BCUT2D eigenvalue weighted by Gasteiger charge is -2.24. The molecule has 0 aliphatic heterocycles. The highest BCUT2D eigenvalue weighted by molar-refractivity contribution is 5.28. The van der Waals surface area contributed by atoms with Crippen LogP contribution in [0.5, 0.6) is 0 Å². The molecule has 1 N–H and O–H groups in total. The van der Waals surface area contributed by atoms with Crippen molar-refractivity contribution in [2.24, 2.45) is 12.5 Å². The quantitative estimate of drug-likeness (QED) is 0.845. The Morgan fingerprint density at radius 2 is 1.89 bits per heavy atom. The highest BCUT2D eigenvalue weighted by Crippen LogP contribution is 2.30. The summed E-state index contributed by atoms with van der Waals surface area (Å²) in [4.78, 5) is 0. The zero-order valence-corrected chi connectivity index (χ0v) is 13.8. The Bertz CT molecular complexity index is 399. The van der Waals surface area contributed by atoms with Crippen LogP contribution in [0.25, 0.3) is 0 Å². The molecule has 1 heterocycles. The van der Waals surface area contributed by atoms with E-state index < -0.39 is 0 Å². The van der Waals surface area contributed by atoms with Gasteiger partial charge in [-0.2, -0.15) is 5.10 Å². The Balaban J connectivity index is 2.89. The third-order valence-electron chi connectivity index (χ3n) is 3.74. The van der Waals surface area contributed by atoms with Crippen molar-refractivity contribution in [3.05, 3.63) is 17.0 Å². The summed E-state index contributed by atoms with van der Waals surface area (Å²) in [5.41, 5.74) is 4.25. The summed E-state index contributed by atoms with van der Waals surface area (Å²) in [6.07, 6.45) is 3.57. The second kappa shape index (κ2) is 6.56. The number of aromatic nitrogens is 2. The fourth-order valence-electron chi connectivity index (χ4n) is 2.54. The average molecular weight is 265 g/mol. The standard InChI is InChI=1S/C16H31N3/c1-8-11-17-14(9-10-16(4,5)6)15-12(2)18-19(7)13(15)3/h14,17H,8-11H2,1-7H3. The molecule has 0 saturated heterocycles. The van der Waals surface area contributed by atoms with E-state index in [1.54, 1.807) is 0 Å². The van der Waals surface area contributed by atoms with E-state index in [1.165, 1.54) is 36.2 Å². The van der Waals surface area contributed by atoms with E-state index in [1.807, 2.05) is 11.7 Å². The van der Waals surface area contributed by atoms with Gasteiger partial charge in [-0.1, -0.05) is 27.7 Å². The second-order valence-electron chi connectivity index (χ2n) is 6.81.